The van der Waals surface area contributed by atoms with E-state index in [0.717, 1.165) is 11.0 Å². The van der Waals surface area contributed by atoms with E-state index in [0.29, 0.717) is 5.82 Å². The van der Waals surface area contributed by atoms with E-state index in [9.17, 15) is 4.79 Å². The summed E-state index contributed by atoms with van der Waals surface area (Å²) in [5.41, 5.74) is 13.2. The van der Waals surface area contributed by atoms with E-state index < -0.39 is 5.91 Å². The van der Waals surface area contributed by atoms with Crippen molar-refractivity contribution in [2.75, 3.05) is 5.73 Å². The van der Waals surface area contributed by atoms with Crippen LogP contribution in [-0.4, -0.2) is 20.4 Å². The Balaban J connectivity index is 2.22. The molecule has 6 nitrogen and oxygen atoms in total. The highest BCUT2D eigenvalue weighted by atomic mass is 16.1. The normalized spacial score (nSPS) is 10.7. The quantitative estimate of drug-likeness (QED) is 0.714. The molecule has 0 aliphatic rings. The van der Waals surface area contributed by atoms with Crippen molar-refractivity contribution >= 4 is 22.6 Å². The SMILES string of the molecule is NC(=O)c1cc(-n2cnc3ccccc32)ncc1N. The lowest BCUT2D eigenvalue weighted by molar-refractivity contribution is 0.100. The number of carbonyl (C=O) groups is 1. The Morgan fingerprint density at radius 3 is 2.79 bits per heavy atom. The van der Waals surface area contributed by atoms with Gasteiger partial charge in [0.05, 0.1) is 28.5 Å². The van der Waals surface area contributed by atoms with Crippen LogP contribution in [0.4, 0.5) is 5.69 Å². The van der Waals surface area contributed by atoms with Crippen LogP contribution in [0.25, 0.3) is 16.9 Å². The van der Waals surface area contributed by atoms with Crippen molar-refractivity contribution in [3.63, 3.8) is 0 Å². The first kappa shape index (κ1) is 11.2. The maximum absolute atomic E-state index is 11.3. The molecular formula is C13H11N5O. The first-order chi connectivity index (χ1) is 9.16. The molecule has 3 rings (SSSR count). The highest BCUT2D eigenvalue weighted by Crippen LogP contribution is 2.19. The number of anilines is 1. The lowest BCUT2D eigenvalue weighted by Gasteiger charge is -2.06. The van der Waals surface area contributed by atoms with E-state index in [4.69, 9.17) is 11.5 Å². The summed E-state index contributed by atoms with van der Waals surface area (Å²) in [6, 6.07) is 9.20. The topological polar surface area (TPSA) is 99.8 Å². The molecule has 0 aliphatic carbocycles. The van der Waals surface area contributed by atoms with Crippen molar-refractivity contribution < 1.29 is 4.79 Å². The van der Waals surface area contributed by atoms with Crippen LogP contribution >= 0.6 is 0 Å². The van der Waals surface area contributed by atoms with E-state index in [1.165, 1.54) is 6.20 Å². The number of aromatic nitrogens is 3. The minimum absolute atomic E-state index is 0.253. The summed E-state index contributed by atoms with van der Waals surface area (Å²) in [4.78, 5) is 19.8. The second kappa shape index (κ2) is 4.09. The maximum atomic E-state index is 11.3. The molecule has 0 saturated carbocycles. The molecule has 2 heterocycles. The van der Waals surface area contributed by atoms with Crippen molar-refractivity contribution in [1.29, 1.82) is 0 Å². The summed E-state index contributed by atoms with van der Waals surface area (Å²) >= 11 is 0. The van der Waals surface area contributed by atoms with E-state index in [1.807, 2.05) is 24.3 Å². The molecule has 0 saturated heterocycles. The Hall–Kier alpha value is -2.89. The van der Waals surface area contributed by atoms with E-state index >= 15 is 0 Å². The second-order valence-electron chi connectivity index (χ2n) is 4.10. The zero-order chi connectivity index (χ0) is 13.4. The van der Waals surface area contributed by atoms with Gasteiger partial charge in [0.2, 0.25) is 0 Å². The zero-order valence-corrected chi connectivity index (χ0v) is 9.95. The Kier molecular flexibility index (Phi) is 2.42. The van der Waals surface area contributed by atoms with Crippen LogP contribution in [-0.2, 0) is 0 Å². The number of nitrogens with zero attached hydrogens (tertiary/aromatic N) is 3. The summed E-state index contributed by atoms with van der Waals surface area (Å²) in [5.74, 6) is -0.0257. The third kappa shape index (κ3) is 1.79. The van der Waals surface area contributed by atoms with Crippen LogP contribution in [0.3, 0.4) is 0 Å². The van der Waals surface area contributed by atoms with Crippen molar-refractivity contribution in [2.45, 2.75) is 0 Å². The summed E-state index contributed by atoms with van der Waals surface area (Å²) in [5, 5.41) is 0. The van der Waals surface area contributed by atoms with Crippen molar-refractivity contribution in [3.05, 3.63) is 48.4 Å². The smallest absolute Gasteiger partial charge is 0.250 e. The van der Waals surface area contributed by atoms with E-state index in [2.05, 4.69) is 9.97 Å². The van der Waals surface area contributed by atoms with Gasteiger partial charge >= 0.3 is 0 Å². The summed E-state index contributed by atoms with van der Waals surface area (Å²) in [6.07, 6.45) is 3.07. The molecular weight excluding hydrogens is 242 g/mol. The molecule has 0 atom stereocenters. The zero-order valence-electron chi connectivity index (χ0n) is 9.95. The van der Waals surface area contributed by atoms with Gasteiger partial charge in [-0.3, -0.25) is 9.36 Å². The summed E-state index contributed by atoms with van der Waals surface area (Å²) < 4.78 is 1.78. The van der Waals surface area contributed by atoms with Gasteiger partial charge in [0.25, 0.3) is 5.91 Å². The fourth-order valence-electron chi connectivity index (χ4n) is 1.94. The average molecular weight is 253 g/mol. The van der Waals surface area contributed by atoms with Gasteiger partial charge in [-0.2, -0.15) is 0 Å². The standard InChI is InChI=1S/C13H11N5O/c14-9-6-16-12(5-8(9)13(15)19)18-7-17-10-3-1-2-4-11(10)18/h1-7H,14H2,(H2,15,19). The molecule has 0 unspecified atom stereocenters. The van der Waals surface area contributed by atoms with Gasteiger partial charge in [0, 0.05) is 0 Å². The number of nitrogens with two attached hydrogens (primary N) is 2. The van der Waals surface area contributed by atoms with Crippen LogP contribution in [0, 0.1) is 0 Å². The molecule has 3 aromatic rings. The molecule has 19 heavy (non-hydrogen) atoms. The molecule has 0 fully saturated rings. The van der Waals surface area contributed by atoms with Crippen LogP contribution in [0.1, 0.15) is 10.4 Å². The Labute approximate surface area is 108 Å². The lowest BCUT2D eigenvalue weighted by atomic mass is 10.2. The number of imidazole rings is 1. The van der Waals surface area contributed by atoms with Gasteiger partial charge in [0.15, 0.2) is 0 Å². The predicted octanol–water partition coefficient (Wildman–Crippen LogP) is 1.10. The maximum Gasteiger partial charge on any atom is 0.250 e. The number of hydrogen-bond acceptors (Lipinski definition) is 4. The molecule has 94 valence electrons. The molecule has 0 aliphatic heterocycles. The number of benzene rings is 1. The summed E-state index contributed by atoms with van der Waals surface area (Å²) in [6.45, 7) is 0. The number of rotatable bonds is 2. The number of fused-ring (bicyclic) bond motifs is 1. The predicted molar refractivity (Wildman–Crippen MR) is 71.8 cm³/mol. The van der Waals surface area contributed by atoms with Gasteiger partial charge in [-0.05, 0) is 18.2 Å². The molecule has 0 bridgehead atoms. The Morgan fingerprint density at radius 1 is 1.21 bits per heavy atom. The third-order valence-electron chi connectivity index (χ3n) is 2.89. The van der Waals surface area contributed by atoms with Crippen LogP contribution < -0.4 is 11.5 Å². The molecule has 0 radical (unpaired) electrons. The molecule has 6 heteroatoms. The monoisotopic (exact) mass is 253 g/mol. The third-order valence-corrected chi connectivity index (χ3v) is 2.89. The van der Waals surface area contributed by atoms with Gasteiger partial charge in [-0.15, -0.1) is 0 Å². The number of hydrogen-bond donors (Lipinski definition) is 2. The van der Waals surface area contributed by atoms with Gasteiger partial charge < -0.3 is 11.5 Å². The summed E-state index contributed by atoms with van der Waals surface area (Å²) in [7, 11) is 0. The molecule has 0 spiro atoms. The first-order valence-corrected chi connectivity index (χ1v) is 5.64. The highest BCUT2D eigenvalue weighted by Gasteiger charge is 2.10. The molecule has 4 N–H and O–H groups in total. The molecule has 2 aromatic heterocycles. The number of nitrogen functional groups attached to an aromatic ring is 1. The number of primary amides is 1. The minimum atomic E-state index is -0.578. The van der Waals surface area contributed by atoms with Gasteiger partial charge in [-0.1, -0.05) is 12.1 Å². The Bertz CT molecular complexity index is 778. The number of pyridine rings is 1. The van der Waals surface area contributed by atoms with Crippen molar-refractivity contribution in [1.82, 2.24) is 14.5 Å². The van der Waals surface area contributed by atoms with Crippen molar-refractivity contribution in [3.8, 4) is 5.82 Å². The fourth-order valence-corrected chi connectivity index (χ4v) is 1.94. The Morgan fingerprint density at radius 2 is 2.00 bits per heavy atom. The molecule has 1 aromatic carbocycles. The van der Waals surface area contributed by atoms with Crippen LogP contribution in [0.15, 0.2) is 42.9 Å². The largest absolute Gasteiger partial charge is 0.397 e. The minimum Gasteiger partial charge on any atom is -0.397 e. The lowest BCUT2D eigenvalue weighted by Crippen LogP contribution is -2.14. The number of para-hydroxylation sites is 2. The number of amides is 1. The van der Waals surface area contributed by atoms with Gasteiger partial charge in [0.1, 0.15) is 12.1 Å². The molecule has 1 amide bonds. The number of carbonyl (C=O) groups excluding carboxylic acids is 1. The van der Waals surface area contributed by atoms with E-state index in [1.54, 1.807) is 17.0 Å². The van der Waals surface area contributed by atoms with E-state index in [-0.39, 0.29) is 11.3 Å². The van der Waals surface area contributed by atoms with Crippen LogP contribution in [0.2, 0.25) is 0 Å². The highest BCUT2D eigenvalue weighted by molar-refractivity contribution is 5.98. The average Bonchev–Trinajstić information content (AvgIpc) is 2.83. The fraction of sp³-hybridized carbons (Fsp3) is 0. The van der Waals surface area contributed by atoms with Crippen molar-refractivity contribution in [2.24, 2.45) is 5.73 Å². The second-order valence-corrected chi connectivity index (χ2v) is 4.10. The first-order valence-electron chi connectivity index (χ1n) is 5.64. The van der Waals surface area contributed by atoms with Gasteiger partial charge in [-0.25, -0.2) is 9.97 Å². The van der Waals surface area contributed by atoms with Crippen LogP contribution in [0.5, 0.6) is 0 Å².